The highest BCUT2D eigenvalue weighted by atomic mass is 16.3. The van der Waals surface area contributed by atoms with E-state index >= 15 is 0 Å². The van der Waals surface area contributed by atoms with E-state index in [4.69, 9.17) is 4.42 Å². The molecule has 0 unspecified atom stereocenters. The van der Waals surface area contributed by atoms with Crippen LogP contribution in [0.5, 0.6) is 0 Å². The lowest BCUT2D eigenvalue weighted by molar-refractivity contribution is -0.134. The van der Waals surface area contributed by atoms with E-state index in [1.807, 2.05) is 34.9 Å². The molecule has 25 heavy (non-hydrogen) atoms. The molecule has 2 fully saturated rings. The fraction of sp³-hybridized carbons (Fsp3) is 0.526. The Morgan fingerprint density at radius 3 is 2.72 bits per heavy atom. The van der Waals surface area contributed by atoms with Crippen LogP contribution in [0.25, 0.3) is 11.1 Å². The van der Waals surface area contributed by atoms with Gasteiger partial charge in [0.25, 0.3) is 0 Å². The lowest BCUT2D eigenvalue weighted by Crippen LogP contribution is -2.38. The van der Waals surface area contributed by atoms with Gasteiger partial charge in [0.05, 0.1) is 6.42 Å². The van der Waals surface area contributed by atoms with Crippen molar-refractivity contribution in [2.75, 3.05) is 26.2 Å². The Kier molecular flexibility index (Phi) is 4.19. The minimum Gasteiger partial charge on any atom is -0.441 e. The molecule has 2 aromatic rings. The lowest BCUT2D eigenvalue weighted by atomic mass is 10.1. The first-order valence-corrected chi connectivity index (χ1v) is 9.03. The maximum Gasteiger partial charge on any atom is 0.227 e. The first-order valence-electron chi connectivity index (χ1n) is 9.03. The topological polar surface area (TPSA) is 66.7 Å². The molecule has 6 nitrogen and oxygen atoms in total. The number of fused-ring (bicyclic) bond motifs is 1. The van der Waals surface area contributed by atoms with Crippen molar-refractivity contribution in [2.24, 2.45) is 5.92 Å². The highest BCUT2D eigenvalue weighted by molar-refractivity contribution is 5.82. The number of oxazole rings is 1. The molecule has 6 heteroatoms. The number of nitrogens with zero attached hydrogens (tertiary/aromatic N) is 3. The molecule has 1 saturated heterocycles. The number of rotatable bonds is 3. The van der Waals surface area contributed by atoms with E-state index < -0.39 is 0 Å². The number of carbonyl (C=O) groups excluding carboxylic acids is 2. The van der Waals surface area contributed by atoms with E-state index in [0.717, 1.165) is 49.0 Å². The molecule has 0 radical (unpaired) electrons. The van der Waals surface area contributed by atoms with Gasteiger partial charge in [-0.3, -0.25) is 9.59 Å². The Bertz CT molecular complexity index is 809. The van der Waals surface area contributed by atoms with Crippen LogP contribution in [0.2, 0.25) is 0 Å². The minimum absolute atomic E-state index is 0.111. The third-order valence-corrected chi connectivity index (χ3v) is 5.00. The average Bonchev–Trinajstić information content (AvgIpc) is 3.39. The highest BCUT2D eigenvalue weighted by Gasteiger charge is 2.34. The summed E-state index contributed by atoms with van der Waals surface area (Å²) in [5.74, 6) is 1.27. The highest BCUT2D eigenvalue weighted by Crippen LogP contribution is 2.31. The van der Waals surface area contributed by atoms with Crippen molar-refractivity contribution in [1.29, 1.82) is 0 Å². The van der Waals surface area contributed by atoms with Gasteiger partial charge in [-0.15, -0.1) is 0 Å². The molecule has 1 aliphatic carbocycles. The summed E-state index contributed by atoms with van der Waals surface area (Å²) < 4.78 is 5.48. The van der Waals surface area contributed by atoms with E-state index in [0.29, 0.717) is 25.4 Å². The van der Waals surface area contributed by atoms with Gasteiger partial charge in [0.2, 0.25) is 11.8 Å². The average molecular weight is 341 g/mol. The van der Waals surface area contributed by atoms with Crippen LogP contribution in [-0.2, 0) is 16.0 Å². The molecule has 0 atom stereocenters. The van der Waals surface area contributed by atoms with Crippen LogP contribution in [0.3, 0.4) is 0 Å². The standard InChI is InChI=1S/C19H23N3O3/c1-13-20-16-11-14(3-6-17(16)25-13)12-18(23)21-7-2-8-22(10-9-21)19(24)15-4-5-15/h3,6,11,15H,2,4-5,7-10,12H2,1H3. The van der Waals surface area contributed by atoms with E-state index in [1.165, 1.54) is 0 Å². The molecule has 1 aromatic heterocycles. The number of carbonyl (C=O) groups is 2. The van der Waals surface area contributed by atoms with Crippen molar-refractivity contribution in [3.63, 3.8) is 0 Å². The quantitative estimate of drug-likeness (QED) is 0.858. The van der Waals surface area contributed by atoms with Gasteiger partial charge in [-0.1, -0.05) is 6.07 Å². The van der Waals surface area contributed by atoms with Crippen LogP contribution in [0.4, 0.5) is 0 Å². The second-order valence-electron chi connectivity index (χ2n) is 7.05. The molecule has 1 aromatic carbocycles. The molecule has 0 bridgehead atoms. The van der Waals surface area contributed by atoms with Crippen molar-refractivity contribution < 1.29 is 14.0 Å². The molecule has 4 rings (SSSR count). The Hall–Kier alpha value is -2.37. The first-order chi connectivity index (χ1) is 12.1. The Labute approximate surface area is 146 Å². The molecular weight excluding hydrogens is 318 g/mol. The van der Waals surface area contributed by atoms with E-state index in [-0.39, 0.29) is 17.7 Å². The summed E-state index contributed by atoms with van der Waals surface area (Å²) >= 11 is 0. The van der Waals surface area contributed by atoms with Gasteiger partial charge in [0, 0.05) is 39.0 Å². The number of aryl methyl sites for hydroxylation is 1. The number of amides is 2. The summed E-state index contributed by atoms with van der Waals surface area (Å²) in [4.78, 5) is 33.0. The van der Waals surface area contributed by atoms with Crippen LogP contribution >= 0.6 is 0 Å². The van der Waals surface area contributed by atoms with Crippen molar-refractivity contribution in [3.05, 3.63) is 29.7 Å². The summed E-state index contributed by atoms with van der Waals surface area (Å²) in [5.41, 5.74) is 2.48. The van der Waals surface area contributed by atoms with Gasteiger partial charge in [0.1, 0.15) is 5.52 Å². The molecular formula is C19H23N3O3. The third-order valence-electron chi connectivity index (χ3n) is 5.00. The lowest BCUT2D eigenvalue weighted by Gasteiger charge is -2.22. The third kappa shape index (κ3) is 3.52. The zero-order valence-electron chi connectivity index (χ0n) is 14.5. The summed E-state index contributed by atoms with van der Waals surface area (Å²) in [5, 5.41) is 0. The maximum atomic E-state index is 12.7. The summed E-state index contributed by atoms with van der Waals surface area (Å²) in [6.07, 6.45) is 3.27. The van der Waals surface area contributed by atoms with Gasteiger partial charge < -0.3 is 14.2 Å². The monoisotopic (exact) mass is 341 g/mol. The Morgan fingerprint density at radius 1 is 1.16 bits per heavy atom. The fourth-order valence-electron chi connectivity index (χ4n) is 3.46. The van der Waals surface area contributed by atoms with E-state index in [1.54, 1.807) is 0 Å². The van der Waals surface area contributed by atoms with Crippen LogP contribution in [0.15, 0.2) is 22.6 Å². The van der Waals surface area contributed by atoms with Crippen LogP contribution in [0, 0.1) is 12.8 Å². The maximum absolute atomic E-state index is 12.7. The van der Waals surface area contributed by atoms with Crippen molar-refractivity contribution in [1.82, 2.24) is 14.8 Å². The van der Waals surface area contributed by atoms with Crippen molar-refractivity contribution >= 4 is 22.9 Å². The summed E-state index contributed by atoms with van der Waals surface area (Å²) in [6, 6.07) is 5.71. The molecule has 1 aliphatic heterocycles. The van der Waals surface area contributed by atoms with Gasteiger partial charge in [0.15, 0.2) is 11.5 Å². The smallest absolute Gasteiger partial charge is 0.227 e. The van der Waals surface area contributed by atoms with E-state index in [9.17, 15) is 9.59 Å². The van der Waals surface area contributed by atoms with E-state index in [2.05, 4.69) is 4.98 Å². The minimum atomic E-state index is 0.111. The second-order valence-corrected chi connectivity index (χ2v) is 7.05. The molecule has 0 spiro atoms. The van der Waals surface area contributed by atoms with Crippen LogP contribution in [0.1, 0.15) is 30.7 Å². The van der Waals surface area contributed by atoms with Crippen LogP contribution in [-0.4, -0.2) is 52.8 Å². The summed E-state index contributed by atoms with van der Waals surface area (Å²) in [7, 11) is 0. The first kappa shape index (κ1) is 16.1. The number of aromatic nitrogens is 1. The Morgan fingerprint density at radius 2 is 1.92 bits per heavy atom. The predicted octanol–water partition coefficient (Wildman–Crippen LogP) is 2.15. The van der Waals surface area contributed by atoms with Crippen LogP contribution < -0.4 is 0 Å². The van der Waals surface area contributed by atoms with Gasteiger partial charge in [-0.2, -0.15) is 0 Å². The molecule has 0 N–H and O–H groups in total. The second kappa shape index (κ2) is 6.50. The van der Waals surface area contributed by atoms with Crippen molar-refractivity contribution in [2.45, 2.75) is 32.6 Å². The largest absolute Gasteiger partial charge is 0.441 e. The van der Waals surface area contributed by atoms with Crippen molar-refractivity contribution in [3.8, 4) is 0 Å². The molecule has 132 valence electrons. The number of hydrogen-bond acceptors (Lipinski definition) is 4. The SMILES string of the molecule is Cc1nc2cc(CC(=O)N3CCCN(C(=O)C4CC4)CC3)ccc2o1. The van der Waals surface area contributed by atoms with Gasteiger partial charge >= 0.3 is 0 Å². The number of benzene rings is 1. The Balaban J connectivity index is 1.38. The van der Waals surface area contributed by atoms with Gasteiger partial charge in [-0.05, 0) is 37.0 Å². The molecule has 2 heterocycles. The zero-order chi connectivity index (χ0) is 17.4. The van der Waals surface area contributed by atoms with Gasteiger partial charge in [-0.25, -0.2) is 4.98 Å². The fourth-order valence-corrected chi connectivity index (χ4v) is 3.46. The predicted molar refractivity (Wildman–Crippen MR) is 93.0 cm³/mol. The molecule has 2 aliphatic rings. The molecule has 2 amide bonds. The number of hydrogen-bond donors (Lipinski definition) is 0. The summed E-state index contributed by atoms with van der Waals surface area (Å²) in [6.45, 7) is 4.59. The molecule has 1 saturated carbocycles. The normalized spacial score (nSPS) is 18.4. The zero-order valence-corrected chi connectivity index (χ0v) is 14.5.